The van der Waals surface area contributed by atoms with Crippen LogP contribution >= 0.6 is 0 Å². The first-order chi connectivity index (χ1) is 19.0. The van der Waals surface area contributed by atoms with E-state index in [0.717, 1.165) is 18.5 Å². The summed E-state index contributed by atoms with van der Waals surface area (Å²) in [6.45, 7) is 1.87. The van der Waals surface area contributed by atoms with E-state index in [1.807, 2.05) is 11.0 Å². The van der Waals surface area contributed by atoms with Crippen LogP contribution in [0.15, 0.2) is 42.9 Å². The molecule has 200 valence electrons. The molecule has 0 bridgehead atoms. The summed E-state index contributed by atoms with van der Waals surface area (Å²) in [5.74, 6) is 0.686. The van der Waals surface area contributed by atoms with Crippen molar-refractivity contribution in [2.75, 3.05) is 41.9 Å². The van der Waals surface area contributed by atoms with E-state index in [4.69, 9.17) is 9.47 Å². The van der Waals surface area contributed by atoms with Gasteiger partial charge in [0, 0.05) is 50.8 Å². The van der Waals surface area contributed by atoms with E-state index in [1.54, 1.807) is 31.5 Å². The maximum atomic E-state index is 13.4. The molecule has 1 fully saturated rings. The first kappa shape index (κ1) is 25.9. The Balaban J connectivity index is 1.37. The van der Waals surface area contributed by atoms with E-state index in [9.17, 15) is 19.6 Å². The van der Waals surface area contributed by atoms with E-state index in [1.165, 1.54) is 22.3 Å². The van der Waals surface area contributed by atoms with E-state index < -0.39 is 12.1 Å². The Kier molecular flexibility index (Phi) is 7.51. The average molecular weight is 530 g/mol. The Morgan fingerprint density at radius 2 is 2.21 bits per heavy atom. The topological polar surface area (TPSA) is 141 Å². The molecule has 0 unspecified atom stereocenters. The summed E-state index contributed by atoms with van der Waals surface area (Å²) < 4.78 is 10.4. The van der Waals surface area contributed by atoms with Crippen molar-refractivity contribution >= 4 is 35.7 Å². The van der Waals surface area contributed by atoms with Crippen molar-refractivity contribution in [3.63, 3.8) is 0 Å². The molecule has 12 heteroatoms. The predicted octanol–water partition coefficient (Wildman–Crippen LogP) is 3.35. The molecule has 0 aromatic carbocycles. The number of nitrogens with zero attached hydrogens (tertiary/aromatic N) is 6. The minimum absolute atomic E-state index is 0.0771. The molecule has 1 N–H and O–H groups in total. The standard InChI is InChI=1S/C27H27N7O5/c1-38-21-6-9-32(16-21)23-12-24(29-14-20(23)13-28)31-26(36)34-8-4-5-18-11-19(22(17-35)30-25(18)34)15-33-7-2-3-10-39-27(33)37/h2-3,7,10-12,14,17,21H,4-6,8-9,15-16H2,1H3,(H,29,31,36)/t21-/m0/s1. The Morgan fingerprint density at radius 1 is 1.33 bits per heavy atom. The zero-order valence-electron chi connectivity index (χ0n) is 21.4. The fourth-order valence-corrected chi connectivity index (χ4v) is 4.89. The smallest absolute Gasteiger partial charge is 0.418 e. The number of pyridine rings is 2. The largest absolute Gasteiger partial charge is 0.418 e. The molecule has 3 amide bonds. The van der Waals surface area contributed by atoms with Gasteiger partial charge in [-0.2, -0.15) is 5.26 Å². The molecule has 3 aliphatic rings. The highest BCUT2D eigenvalue weighted by atomic mass is 16.5. The highest BCUT2D eigenvalue weighted by molar-refractivity contribution is 6.02. The van der Waals surface area contributed by atoms with Crippen molar-refractivity contribution < 1.29 is 23.9 Å². The monoisotopic (exact) mass is 529 g/mol. The lowest BCUT2D eigenvalue weighted by Crippen LogP contribution is -2.40. The molecule has 5 heterocycles. The number of cyclic esters (lactones) is 1. The van der Waals surface area contributed by atoms with Crippen molar-refractivity contribution in [2.24, 2.45) is 0 Å². The first-order valence-corrected chi connectivity index (χ1v) is 12.6. The minimum atomic E-state index is -0.573. The van der Waals surface area contributed by atoms with Gasteiger partial charge in [-0.25, -0.2) is 19.6 Å². The molecule has 0 saturated carbocycles. The Morgan fingerprint density at radius 3 is 2.97 bits per heavy atom. The summed E-state index contributed by atoms with van der Waals surface area (Å²) in [7, 11) is 1.67. The number of aldehydes is 1. The Hall–Kier alpha value is -4.76. The average Bonchev–Trinajstić information content (AvgIpc) is 3.35. The van der Waals surface area contributed by atoms with Crippen LogP contribution in [0.4, 0.5) is 26.9 Å². The number of ether oxygens (including phenoxy) is 2. The molecule has 1 atom stereocenters. The molecule has 0 aliphatic carbocycles. The molecular formula is C27H27N7O5. The number of hydrogen-bond donors (Lipinski definition) is 1. The summed E-state index contributed by atoms with van der Waals surface area (Å²) in [5.41, 5.74) is 2.57. The second-order valence-corrected chi connectivity index (χ2v) is 9.29. The number of nitrogens with one attached hydrogen (secondary N) is 1. The van der Waals surface area contributed by atoms with Crippen molar-refractivity contribution in [2.45, 2.75) is 31.9 Å². The van der Waals surface area contributed by atoms with Crippen molar-refractivity contribution in [3.05, 3.63) is 65.3 Å². The number of amides is 3. The third-order valence-corrected chi connectivity index (χ3v) is 6.89. The van der Waals surface area contributed by atoms with Gasteiger partial charge < -0.3 is 14.4 Å². The molecule has 1 saturated heterocycles. The van der Waals surface area contributed by atoms with Gasteiger partial charge in [-0.1, -0.05) is 0 Å². The highest BCUT2D eigenvalue weighted by Crippen LogP contribution is 2.30. The van der Waals surface area contributed by atoms with Crippen LogP contribution in [0.25, 0.3) is 0 Å². The molecule has 12 nitrogen and oxygen atoms in total. The quantitative estimate of drug-likeness (QED) is 0.558. The van der Waals surface area contributed by atoms with Gasteiger partial charge in [-0.3, -0.25) is 19.9 Å². The van der Waals surface area contributed by atoms with Crippen LogP contribution in [-0.2, 0) is 22.4 Å². The predicted molar refractivity (Wildman–Crippen MR) is 141 cm³/mol. The van der Waals surface area contributed by atoms with Gasteiger partial charge in [-0.15, -0.1) is 0 Å². The summed E-state index contributed by atoms with van der Waals surface area (Å²) in [6.07, 6.45) is 9.86. The second-order valence-electron chi connectivity index (χ2n) is 9.29. The van der Waals surface area contributed by atoms with Gasteiger partial charge in [0.1, 0.15) is 23.4 Å². The van der Waals surface area contributed by atoms with E-state index in [0.29, 0.717) is 60.7 Å². The molecule has 3 aliphatic heterocycles. The summed E-state index contributed by atoms with van der Waals surface area (Å²) >= 11 is 0. The van der Waals surface area contributed by atoms with Crippen LogP contribution in [0.1, 0.15) is 40.0 Å². The van der Waals surface area contributed by atoms with Crippen molar-refractivity contribution in [3.8, 4) is 6.07 Å². The number of aryl methyl sites for hydroxylation is 1. The summed E-state index contributed by atoms with van der Waals surface area (Å²) in [6, 6.07) is 5.22. The SMILES string of the molecule is CO[C@H]1CCN(c2cc(NC(=O)N3CCCc4cc(CN5C=CC=COC5=O)c(C=O)nc43)ncc2C#N)C1. The fourth-order valence-electron chi connectivity index (χ4n) is 4.89. The van der Waals surface area contributed by atoms with Gasteiger partial charge in [0.05, 0.1) is 30.2 Å². The van der Waals surface area contributed by atoms with Gasteiger partial charge in [0.15, 0.2) is 6.29 Å². The Labute approximate surface area is 225 Å². The molecular weight excluding hydrogens is 502 g/mol. The van der Waals surface area contributed by atoms with Crippen molar-refractivity contribution in [1.29, 1.82) is 5.26 Å². The number of hydrogen-bond acceptors (Lipinski definition) is 9. The summed E-state index contributed by atoms with van der Waals surface area (Å²) in [5, 5.41) is 12.4. The normalized spacial score (nSPS) is 18.3. The van der Waals surface area contributed by atoms with E-state index in [2.05, 4.69) is 21.4 Å². The molecule has 2 aromatic heterocycles. The van der Waals surface area contributed by atoms with E-state index in [-0.39, 0.29) is 18.3 Å². The maximum Gasteiger partial charge on any atom is 0.418 e. The summed E-state index contributed by atoms with van der Waals surface area (Å²) in [4.78, 5) is 51.1. The number of urea groups is 1. The molecule has 0 spiro atoms. The highest BCUT2D eigenvalue weighted by Gasteiger charge is 2.28. The number of allylic oxidation sites excluding steroid dienone is 2. The van der Waals surface area contributed by atoms with Crippen LogP contribution in [0, 0.1) is 11.3 Å². The lowest BCUT2D eigenvalue weighted by atomic mass is 10.0. The fraction of sp³-hybridized carbons (Fsp3) is 0.333. The van der Waals surface area contributed by atoms with Gasteiger partial charge in [0.2, 0.25) is 0 Å². The van der Waals surface area contributed by atoms with Crippen molar-refractivity contribution in [1.82, 2.24) is 14.9 Å². The zero-order valence-corrected chi connectivity index (χ0v) is 21.4. The maximum absolute atomic E-state index is 13.4. The van der Waals surface area contributed by atoms with Crippen LogP contribution in [-0.4, -0.2) is 66.1 Å². The van der Waals surface area contributed by atoms with Crippen LogP contribution in [0.3, 0.4) is 0 Å². The number of carbonyl (C=O) groups is 3. The molecule has 39 heavy (non-hydrogen) atoms. The molecule has 2 aromatic rings. The van der Waals surface area contributed by atoms with Crippen LogP contribution in [0.2, 0.25) is 0 Å². The zero-order chi connectivity index (χ0) is 27.4. The molecule has 0 radical (unpaired) electrons. The number of nitriles is 1. The minimum Gasteiger partial charge on any atom is -0.418 e. The van der Waals surface area contributed by atoms with Gasteiger partial charge in [-0.05, 0) is 43.0 Å². The first-order valence-electron chi connectivity index (χ1n) is 12.6. The number of aromatic nitrogens is 2. The Bertz CT molecular complexity index is 1400. The number of fused-ring (bicyclic) bond motifs is 1. The number of rotatable bonds is 6. The van der Waals surface area contributed by atoms with Gasteiger partial charge >= 0.3 is 12.1 Å². The van der Waals surface area contributed by atoms with Crippen LogP contribution in [0.5, 0.6) is 0 Å². The number of carbonyl (C=O) groups excluding carboxylic acids is 3. The second kappa shape index (κ2) is 11.3. The van der Waals surface area contributed by atoms with Crippen LogP contribution < -0.4 is 15.1 Å². The van der Waals surface area contributed by atoms with E-state index >= 15 is 0 Å². The number of anilines is 3. The lowest BCUT2D eigenvalue weighted by molar-refractivity contribution is 0.111. The van der Waals surface area contributed by atoms with Gasteiger partial charge in [0.25, 0.3) is 0 Å². The number of methoxy groups -OCH3 is 1. The molecule has 5 rings (SSSR count). The lowest BCUT2D eigenvalue weighted by Gasteiger charge is -2.29. The third kappa shape index (κ3) is 5.44. The third-order valence-electron chi connectivity index (χ3n) is 6.89.